The van der Waals surface area contributed by atoms with Gasteiger partial charge in [0.15, 0.2) is 5.78 Å². The molecule has 4 nitrogen and oxygen atoms in total. The van der Waals surface area contributed by atoms with Gasteiger partial charge in [-0.1, -0.05) is 19.9 Å². The quantitative estimate of drug-likeness (QED) is 0.543. The van der Waals surface area contributed by atoms with E-state index in [0.717, 1.165) is 6.07 Å². The van der Waals surface area contributed by atoms with Crippen molar-refractivity contribution in [3.05, 3.63) is 39.2 Å². The van der Waals surface area contributed by atoms with Crippen molar-refractivity contribution < 1.29 is 14.1 Å². The van der Waals surface area contributed by atoms with Crippen molar-refractivity contribution in [1.29, 1.82) is 0 Å². The second-order valence-electron chi connectivity index (χ2n) is 4.56. The Labute approximate surface area is 91.2 Å². The van der Waals surface area contributed by atoms with Gasteiger partial charge in [-0.2, -0.15) is 4.39 Å². The first-order valence-electron chi connectivity index (χ1n) is 4.85. The number of hydrogen-bond acceptors (Lipinski definition) is 3. The van der Waals surface area contributed by atoms with Gasteiger partial charge in [0.2, 0.25) is 5.82 Å². The van der Waals surface area contributed by atoms with Gasteiger partial charge in [-0.25, -0.2) is 0 Å². The molecule has 0 N–H and O–H groups in total. The van der Waals surface area contributed by atoms with Crippen molar-refractivity contribution in [2.24, 2.45) is 0 Å². The van der Waals surface area contributed by atoms with E-state index in [1.54, 1.807) is 0 Å². The van der Waals surface area contributed by atoms with Crippen molar-refractivity contribution in [3.63, 3.8) is 0 Å². The van der Waals surface area contributed by atoms with Gasteiger partial charge in [0.05, 0.1) is 10.5 Å². The Morgan fingerprint density at radius 3 is 2.62 bits per heavy atom. The van der Waals surface area contributed by atoms with Gasteiger partial charge in [0.25, 0.3) is 0 Å². The highest BCUT2D eigenvalue weighted by Crippen LogP contribution is 2.41. The van der Waals surface area contributed by atoms with E-state index >= 15 is 0 Å². The minimum Gasteiger partial charge on any atom is -0.294 e. The second kappa shape index (κ2) is 3.10. The van der Waals surface area contributed by atoms with Crippen LogP contribution in [0.2, 0.25) is 0 Å². The van der Waals surface area contributed by atoms with Crippen molar-refractivity contribution in [2.75, 3.05) is 0 Å². The zero-order chi connectivity index (χ0) is 12.1. The molecule has 0 saturated heterocycles. The first kappa shape index (κ1) is 10.7. The zero-order valence-electron chi connectivity index (χ0n) is 8.91. The summed E-state index contributed by atoms with van der Waals surface area (Å²) in [6, 6.07) is 2.59. The third-order valence-electron chi connectivity index (χ3n) is 2.93. The predicted molar refractivity (Wildman–Crippen MR) is 55.0 cm³/mol. The number of rotatable bonds is 1. The van der Waals surface area contributed by atoms with Crippen LogP contribution < -0.4 is 0 Å². The van der Waals surface area contributed by atoms with E-state index < -0.39 is 21.8 Å². The Kier molecular flexibility index (Phi) is 2.08. The number of fused-ring (bicyclic) bond motifs is 1. The van der Waals surface area contributed by atoms with Gasteiger partial charge in [-0.05, 0) is 11.0 Å². The molecular formula is C11H10FNO3. The summed E-state index contributed by atoms with van der Waals surface area (Å²) in [5.74, 6) is -1.36. The average Bonchev–Trinajstić information content (AvgIpc) is 2.37. The number of nitro groups is 1. The molecule has 0 unspecified atom stereocenters. The molecule has 5 heteroatoms. The summed E-state index contributed by atoms with van der Waals surface area (Å²) in [6.07, 6.45) is 0.195. The Morgan fingerprint density at radius 1 is 1.44 bits per heavy atom. The summed E-state index contributed by atoms with van der Waals surface area (Å²) in [4.78, 5) is 21.3. The fourth-order valence-electron chi connectivity index (χ4n) is 2.13. The summed E-state index contributed by atoms with van der Waals surface area (Å²) in [6.45, 7) is 3.64. The number of carbonyl (C=O) groups is 1. The summed E-state index contributed by atoms with van der Waals surface area (Å²) in [5, 5.41) is 10.5. The number of halogens is 1. The lowest BCUT2D eigenvalue weighted by Gasteiger charge is -2.17. The van der Waals surface area contributed by atoms with Gasteiger partial charge >= 0.3 is 5.69 Å². The van der Waals surface area contributed by atoms with Crippen molar-refractivity contribution in [2.45, 2.75) is 25.7 Å². The maximum atomic E-state index is 13.8. The van der Waals surface area contributed by atoms with Crippen LogP contribution in [-0.4, -0.2) is 10.7 Å². The fraction of sp³-hybridized carbons (Fsp3) is 0.364. The van der Waals surface area contributed by atoms with E-state index in [-0.39, 0.29) is 17.8 Å². The third kappa shape index (κ3) is 1.31. The maximum Gasteiger partial charge on any atom is 0.305 e. The van der Waals surface area contributed by atoms with Crippen LogP contribution in [0.4, 0.5) is 10.1 Å². The van der Waals surface area contributed by atoms with E-state index in [1.165, 1.54) is 6.07 Å². The van der Waals surface area contributed by atoms with Crippen LogP contribution in [0, 0.1) is 15.9 Å². The Bertz CT molecular complexity index is 508. The SMILES string of the molecule is CC1(C)CC(=O)c2c1ccc([N+](=O)[O-])c2F. The molecule has 1 aliphatic carbocycles. The molecular weight excluding hydrogens is 213 g/mol. The van der Waals surface area contributed by atoms with Crippen LogP contribution in [0.25, 0.3) is 0 Å². The van der Waals surface area contributed by atoms with Crippen molar-refractivity contribution in [1.82, 2.24) is 0 Å². The maximum absolute atomic E-state index is 13.8. The molecule has 1 aromatic rings. The molecule has 0 amide bonds. The molecule has 1 aromatic carbocycles. The standard InChI is InChI=1S/C11H10FNO3/c1-11(2)5-8(14)9-6(11)3-4-7(10(9)12)13(15)16/h3-4H,5H2,1-2H3. The van der Waals surface area contributed by atoms with E-state index in [0.29, 0.717) is 5.56 Å². The minimum absolute atomic E-state index is 0.112. The van der Waals surface area contributed by atoms with Crippen LogP contribution >= 0.6 is 0 Å². The third-order valence-corrected chi connectivity index (χ3v) is 2.93. The van der Waals surface area contributed by atoms with Crippen LogP contribution in [-0.2, 0) is 5.41 Å². The molecule has 84 valence electrons. The molecule has 0 spiro atoms. The summed E-state index contributed by atoms with van der Waals surface area (Å²) in [7, 11) is 0. The lowest BCUT2D eigenvalue weighted by Crippen LogP contribution is -2.12. The monoisotopic (exact) mass is 223 g/mol. The largest absolute Gasteiger partial charge is 0.305 e. The number of Topliss-reactive ketones (excluding diaryl/α,β-unsaturated/α-hetero) is 1. The Balaban J connectivity index is 2.73. The van der Waals surface area contributed by atoms with Gasteiger partial charge in [-0.15, -0.1) is 0 Å². The lowest BCUT2D eigenvalue weighted by molar-refractivity contribution is -0.387. The smallest absolute Gasteiger partial charge is 0.294 e. The fourth-order valence-corrected chi connectivity index (χ4v) is 2.13. The molecule has 1 aliphatic rings. The highest BCUT2D eigenvalue weighted by molar-refractivity contribution is 6.02. The number of hydrogen-bond donors (Lipinski definition) is 0. The minimum atomic E-state index is -1.00. The zero-order valence-corrected chi connectivity index (χ0v) is 8.91. The first-order valence-corrected chi connectivity index (χ1v) is 4.85. The molecule has 16 heavy (non-hydrogen) atoms. The molecule has 0 atom stereocenters. The van der Waals surface area contributed by atoms with Crippen molar-refractivity contribution in [3.8, 4) is 0 Å². The number of ketones is 1. The molecule has 0 aromatic heterocycles. The molecule has 2 rings (SSSR count). The molecule has 0 bridgehead atoms. The normalized spacial score (nSPS) is 17.3. The number of benzene rings is 1. The molecule has 0 fully saturated rings. The van der Waals surface area contributed by atoms with E-state index in [1.807, 2.05) is 13.8 Å². The average molecular weight is 223 g/mol. The van der Waals surface area contributed by atoms with Crippen LogP contribution in [0.5, 0.6) is 0 Å². The summed E-state index contributed by atoms with van der Waals surface area (Å²) in [5.41, 5.74) is -0.632. The van der Waals surface area contributed by atoms with Gasteiger partial charge in [0, 0.05) is 12.5 Å². The van der Waals surface area contributed by atoms with E-state index in [9.17, 15) is 19.3 Å². The summed E-state index contributed by atoms with van der Waals surface area (Å²) >= 11 is 0. The molecule has 0 saturated carbocycles. The van der Waals surface area contributed by atoms with Gasteiger partial charge < -0.3 is 0 Å². The highest BCUT2D eigenvalue weighted by atomic mass is 19.1. The molecule has 0 aliphatic heterocycles. The Morgan fingerprint density at radius 2 is 2.06 bits per heavy atom. The van der Waals surface area contributed by atoms with E-state index in [4.69, 9.17) is 0 Å². The van der Waals surface area contributed by atoms with Crippen LogP contribution in [0.3, 0.4) is 0 Å². The van der Waals surface area contributed by atoms with Gasteiger partial charge in [0.1, 0.15) is 0 Å². The number of carbonyl (C=O) groups excluding carboxylic acids is 1. The number of nitrogens with zero attached hydrogens (tertiary/aromatic N) is 1. The lowest BCUT2D eigenvalue weighted by atomic mass is 9.86. The predicted octanol–water partition coefficient (Wildman–Crippen LogP) is 2.60. The van der Waals surface area contributed by atoms with E-state index in [2.05, 4.69) is 0 Å². The summed E-state index contributed by atoms with van der Waals surface area (Å²) < 4.78 is 13.8. The number of nitro benzene ring substituents is 1. The van der Waals surface area contributed by atoms with Gasteiger partial charge in [-0.3, -0.25) is 14.9 Å². The molecule has 0 heterocycles. The van der Waals surface area contributed by atoms with Crippen LogP contribution in [0.1, 0.15) is 36.2 Å². The second-order valence-corrected chi connectivity index (χ2v) is 4.56. The van der Waals surface area contributed by atoms with Crippen molar-refractivity contribution >= 4 is 11.5 Å². The first-order chi connectivity index (χ1) is 7.34. The van der Waals surface area contributed by atoms with Crippen LogP contribution in [0.15, 0.2) is 12.1 Å². The topological polar surface area (TPSA) is 60.2 Å². The highest BCUT2D eigenvalue weighted by Gasteiger charge is 2.40. The molecule has 0 radical (unpaired) electrons. The Hall–Kier alpha value is -1.78.